The first-order valence-electron chi connectivity index (χ1n) is 5.59. The molecule has 88 valence electrons. The predicted octanol–water partition coefficient (Wildman–Crippen LogP) is 2.77. The van der Waals surface area contributed by atoms with E-state index in [0.29, 0.717) is 0 Å². The Hall–Kier alpha value is -0.610. The van der Waals surface area contributed by atoms with Gasteiger partial charge in [-0.05, 0) is 48.3 Å². The third kappa shape index (κ3) is 2.55. The van der Waals surface area contributed by atoms with Gasteiger partial charge in [0.05, 0.1) is 16.7 Å². The molecular formula is C12H17BrN2O. The minimum absolute atomic E-state index is 0.263. The molecule has 0 N–H and O–H groups in total. The van der Waals surface area contributed by atoms with Crippen molar-refractivity contribution in [2.24, 2.45) is 0 Å². The lowest BCUT2D eigenvalue weighted by Crippen LogP contribution is -2.46. The molecule has 1 saturated heterocycles. The largest absolute Gasteiger partial charge is 0.372 e. The van der Waals surface area contributed by atoms with Crippen LogP contribution in [0.4, 0.5) is 5.82 Å². The number of nitrogens with zero attached hydrogens (tertiary/aromatic N) is 2. The lowest BCUT2D eigenvalue weighted by Gasteiger charge is -2.36. The average Bonchev–Trinajstić information content (AvgIpc) is 2.15. The third-order valence-corrected chi connectivity index (χ3v) is 3.26. The van der Waals surface area contributed by atoms with Crippen LogP contribution in [0.3, 0.4) is 0 Å². The minimum Gasteiger partial charge on any atom is -0.372 e. The van der Waals surface area contributed by atoms with Gasteiger partial charge in [0, 0.05) is 19.3 Å². The van der Waals surface area contributed by atoms with Crippen molar-refractivity contribution in [1.82, 2.24) is 4.98 Å². The summed E-state index contributed by atoms with van der Waals surface area (Å²) in [7, 11) is 0. The maximum Gasteiger partial charge on any atom is 0.143 e. The summed E-state index contributed by atoms with van der Waals surface area (Å²) in [6.07, 6.45) is 2.43. The van der Waals surface area contributed by atoms with Crippen molar-refractivity contribution in [3.8, 4) is 0 Å². The number of ether oxygens (including phenoxy) is 1. The monoisotopic (exact) mass is 284 g/mol. The molecule has 2 rings (SSSR count). The van der Waals surface area contributed by atoms with Gasteiger partial charge in [-0.25, -0.2) is 4.98 Å². The first kappa shape index (κ1) is 11.9. The molecule has 1 aliphatic rings. The van der Waals surface area contributed by atoms with Crippen LogP contribution in [0.2, 0.25) is 0 Å². The zero-order chi connectivity index (χ0) is 11.7. The highest BCUT2D eigenvalue weighted by molar-refractivity contribution is 9.10. The number of pyridine rings is 1. The Balaban J connectivity index is 2.23. The molecule has 16 heavy (non-hydrogen) atoms. The van der Waals surface area contributed by atoms with Crippen LogP contribution in [0.1, 0.15) is 19.4 Å². The Morgan fingerprint density at radius 1 is 1.38 bits per heavy atom. The Labute approximate surface area is 105 Å². The Kier molecular flexibility index (Phi) is 3.50. The van der Waals surface area contributed by atoms with Crippen molar-refractivity contribution in [2.75, 3.05) is 18.0 Å². The van der Waals surface area contributed by atoms with Crippen LogP contribution in [-0.2, 0) is 4.74 Å². The number of hydrogen-bond donors (Lipinski definition) is 0. The predicted molar refractivity (Wildman–Crippen MR) is 68.9 cm³/mol. The molecule has 4 heteroatoms. The van der Waals surface area contributed by atoms with E-state index in [-0.39, 0.29) is 12.2 Å². The second-order valence-corrected chi connectivity index (χ2v) is 5.33. The van der Waals surface area contributed by atoms with E-state index in [1.54, 1.807) is 0 Å². The van der Waals surface area contributed by atoms with Crippen LogP contribution < -0.4 is 4.90 Å². The molecule has 1 fully saturated rings. The molecule has 0 aliphatic carbocycles. The molecule has 3 nitrogen and oxygen atoms in total. The molecule has 0 aromatic carbocycles. The number of aromatic nitrogens is 1. The SMILES string of the molecule is Cc1cnc(N2C[C@@H](C)O[C@@H](C)C2)c(Br)c1. The first-order valence-corrected chi connectivity index (χ1v) is 6.38. The van der Waals surface area contributed by atoms with Gasteiger partial charge in [-0.1, -0.05) is 0 Å². The molecule has 2 heterocycles. The molecule has 0 bridgehead atoms. The smallest absolute Gasteiger partial charge is 0.143 e. The van der Waals surface area contributed by atoms with Gasteiger partial charge in [-0.3, -0.25) is 0 Å². The van der Waals surface area contributed by atoms with Crippen molar-refractivity contribution >= 4 is 21.7 Å². The molecule has 1 aliphatic heterocycles. The van der Waals surface area contributed by atoms with Gasteiger partial charge in [-0.2, -0.15) is 0 Å². The van der Waals surface area contributed by atoms with Crippen LogP contribution in [0.15, 0.2) is 16.7 Å². The van der Waals surface area contributed by atoms with E-state index >= 15 is 0 Å². The molecule has 0 spiro atoms. The average molecular weight is 285 g/mol. The molecule has 0 saturated carbocycles. The van der Waals surface area contributed by atoms with Gasteiger partial charge in [0.2, 0.25) is 0 Å². The van der Waals surface area contributed by atoms with Crippen molar-refractivity contribution < 1.29 is 4.74 Å². The summed E-state index contributed by atoms with van der Waals surface area (Å²) in [6.45, 7) is 8.06. The van der Waals surface area contributed by atoms with Crippen LogP contribution in [-0.4, -0.2) is 30.3 Å². The Morgan fingerprint density at radius 2 is 2.00 bits per heavy atom. The molecule has 2 atom stereocenters. The Morgan fingerprint density at radius 3 is 2.56 bits per heavy atom. The molecule has 1 aromatic rings. The fourth-order valence-electron chi connectivity index (χ4n) is 2.11. The van der Waals surface area contributed by atoms with Gasteiger partial charge in [-0.15, -0.1) is 0 Å². The second-order valence-electron chi connectivity index (χ2n) is 4.48. The van der Waals surface area contributed by atoms with Crippen LogP contribution in [0, 0.1) is 6.92 Å². The molecule has 1 aromatic heterocycles. The highest BCUT2D eigenvalue weighted by Gasteiger charge is 2.24. The lowest BCUT2D eigenvalue weighted by molar-refractivity contribution is -0.00550. The van der Waals surface area contributed by atoms with Crippen LogP contribution >= 0.6 is 15.9 Å². The minimum atomic E-state index is 0.263. The first-order chi connectivity index (χ1) is 7.56. The standard InChI is InChI=1S/C12H17BrN2O/c1-8-4-11(13)12(14-5-8)15-6-9(2)16-10(3)7-15/h4-5,9-10H,6-7H2,1-3H3/t9-,10+. The van der Waals surface area contributed by atoms with Gasteiger partial charge in [0.1, 0.15) is 5.82 Å². The number of rotatable bonds is 1. The lowest BCUT2D eigenvalue weighted by atomic mass is 10.2. The van der Waals surface area contributed by atoms with Gasteiger partial charge in [0.25, 0.3) is 0 Å². The highest BCUT2D eigenvalue weighted by Crippen LogP contribution is 2.27. The van der Waals surface area contributed by atoms with E-state index in [4.69, 9.17) is 4.74 Å². The molecule has 0 amide bonds. The molecular weight excluding hydrogens is 268 g/mol. The summed E-state index contributed by atoms with van der Waals surface area (Å²) in [5.74, 6) is 1.02. The fraction of sp³-hybridized carbons (Fsp3) is 0.583. The van der Waals surface area contributed by atoms with Crippen LogP contribution in [0.5, 0.6) is 0 Å². The van der Waals surface area contributed by atoms with Crippen molar-refractivity contribution in [2.45, 2.75) is 33.0 Å². The maximum absolute atomic E-state index is 5.72. The molecule has 0 radical (unpaired) electrons. The fourth-order valence-corrected chi connectivity index (χ4v) is 2.82. The number of morpholine rings is 1. The number of hydrogen-bond acceptors (Lipinski definition) is 3. The summed E-state index contributed by atoms with van der Waals surface area (Å²) in [4.78, 5) is 6.77. The summed E-state index contributed by atoms with van der Waals surface area (Å²) < 4.78 is 6.78. The van der Waals surface area contributed by atoms with E-state index in [0.717, 1.165) is 23.4 Å². The quantitative estimate of drug-likeness (QED) is 0.793. The summed E-state index contributed by atoms with van der Waals surface area (Å²) in [5, 5.41) is 0. The number of aryl methyl sites for hydroxylation is 1. The van der Waals surface area contributed by atoms with Crippen LogP contribution in [0.25, 0.3) is 0 Å². The zero-order valence-corrected chi connectivity index (χ0v) is 11.5. The van der Waals surface area contributed by atoms with Crippen molar-refractivity contribution in [3.05, 3.63) is 22.3 Å². The van der Waals surface area contributed by atoms with Gasteiger partial charge in [0.15, 0.2) is 0 Å². The van der Waals surface area contributed by atoms with Gasteiger partial charge < -0.3 is 9.64 Å². The third-order valence-electron chi connectivity index (χ3n) is 2.68. The second kappa shape index (κ2) is 4.72. The van der Waals surface area contributed by atoms with E-state index in [1.165, 1.54) is 5.56 Å². The van der Waals surface area contributed by atoms with E-state index < -0.39 is 0 Å². The number of halogens is 1. The summed E-state index contributed by atoms with van der Waals surface area (Å²) >= 11 is 3.58. The maximum atomic E-state index is 5.72. The van der Waals surface area contributed by atoms with E-state index in [9.17, 15) is 0 Å². The summed E-state index contributed by atoms with van der Waals surface area (Å²) in [6, 6.07) is 2.10. The van der Waals surface area contributed by atoms with Gasteiger partial charge >= 0.3 is 0 Å². The van der Waals surface area contributed by atoms with Crippen molar-refractivity contribution in [1.29, 1.82) is 0 Å². The highest BCUT2D eigenvalue weighted by atomic mass is 79.9. The summed E-state index contributed by atoms with van der Waals surface area (Å²) in [5.41, 5.74) is 1.17. The molecule has 0 unspecified atom stereocenters. The zero-order valence-electron chi connectivity index (χ0n) is 9.90. The normalized spacial score (nSPS) is 25.9. The topological polar surface area (TPSA) is 25.4 Å². The van der Waals surface area contributed by atoms with E-state index in [1.807, 2.05) is 13.1 Å². The Bertz CT molecular complexity index is 373. The van der Waals surface area contributed by atoms with E-state index in [2.05, 4.69) is 45.7 Å². The van der Waals surface area contributed by atoms with Crippen molar-refractivity contribution in [3.63, 3.8) is 0 Å². The number of anilines is 1.